The number of hydrogen-bond acceptors (Lipinski definition) is 3. The van der Waals surface area contributed by atoms with Gasteiger partial charge in [-0.25, -0.2) is 0 Å². The van der Waals surface area contributed by atoms with E-state index in [1.165, 1.54) is 18.2 Å². The van der Waals surface area contributed by atoms with Crippen molar-refractivity contribution in [1.29, 1.82) is 0 Å². The van der Waals surface area contributed by atoms with E-state index in [9.17, 15) is 14.9 Å². The van der Waals surface area contributed by atoms with Crippen LogP contribution >= 0.6 is 15.9 Å². The Labute approximate surface area is 119 Å². The Kier molecular flexibility index (Phi) is 4.19. The van der Waals surface area contributed by atoms with Gasteiger partial charge in [0.15, 0.2) is 0 Å². The lowest BCUT2D eigenvalue weighted by Gasteiger charge is -2.34. The van der Waals surface area contributed by atoms with Crippen LogP contribution in [0.15, 0.2) is 24.3 Å². The average Bonchev–Trinajstić information content (AvgIpc) is 2.36. The zero-order valence-electron chi connectivity index (χ0n) is 10.6. The van der Waals surface area contributed by atoms with Gasteiger partial charge >= 0.3 is 0 Å². The van der Waals surface area contributed by atoms with E-state index in [2.05, 4.69) is 15.9 Å². The fourth-order valence-electron chi connectivity index (χ4n) is 2.25. The number of amides is 1. The molecule has 1 aliphatic rings. The molecule has 102 valence electrons. The van der Waals surface area contributed by atoms with E-state index < -0.39 is 4.92 Å². The summed E-state index contributed by atoms with van der Waals surface area (Å²) in [5.41, 5.74) is 0.315. The lowest BCUT2D eigenvalue weighted by atomic mass is 9.85. The van der Waals surface area contributed by atoms with Gasteiger partial charge in [0.05, 0.1) is 4.92 Å². The number of carbonyl (C=O) groups excluding carboxylic acids is 1. The molecule has 1 fully saturated rings. The van der Waals surface area contributed by atoms with E-state index >= 15 is 0 Å². The molecule has 19 heavy (non-hydrogen) atoms. The fourth-order valence-corrected chi connectivity index (χ4v) is 3.30. The molecule has 0 saturated heterocycles. The van der Waals surface area contributed by atoms with Crippen LogP contribution in [0.25, 0.3) is 0 Å². The molecule has 0 aliphatic heterocycles. The van der Waals surface area contributed by atoms with Crippen LogP contribution in [0.4, 0.5) is 5.69 Å². The first-order valence-electron chi connectivity index (χ1n) is 6.11. The Morgan fingerprint density at radius 3 is 2.79 bits per heavy atom. The monoisotopic (exact) mass is 326 g/mol. The lowest BCUT2D eigenvalue weighted by molar-refractivity contribution is -0.384. The Hall–Kier alpha value is -1.43. The zero-order chi connectivity index (χ0) is 14.0. The summed E-state index contributed by atoms with van der Waals surface area (Å²) < 4.78 is 0. The zero-order valence-corrected chi connectivity index (χ0v) is 12.2. The normalized spacial score (nSPS) is 21.6. The number of benzene rings is 1. The molecule has 0 aromatic heterocycles. The summed E-state index contributed by atoms with van der Waals surface area (Å²) in [6, 6.07) is 5.86. The average molecular weight is 327 g/mol. The Bertz CT molecular complexity index is 500. The van der Waals surface area contributed by atoms with Gasteiger partial charge in [-0.3, -0.25) is 14.9 Å². The van der Waals surface area contributed by atoms with Gasteiger partial charge in [0.25, 0.3) is 11.6 Å². The number of nitrogens with zero attached hydrogens (tertiary/aromatic N) is 2. The summed E-state index contributed by atoms with van der Waals surface area (Å²) in [4.78, 5) is 24.6. The van der Waals surface area contributed by atoms with Crippen molar-refractivity contribution in [2.45, 2.75) is 17.7 Å². The van der Waals surface area contributed by atoms with Crippen LogP contribution in [0.3, 0.4) is 0 Å². The molecule has 1 aromatic carbocycles. The number of rotatable bonds is 4. The molecule has 0 heterocycles. The number of nitro benzene ring substituents is 1. The molecule has 0 unspecified atom stereocenters. The first kappa shape index (κ1) is 14.0. The molecule has 1 aliphatic carbocycles. The molecular formula is C13H15BrN2O3. The topological polar surface area (TPSA) is 63.5 Å². The number of alkyl halides is 1. The summed E-state index contributed by atoms with van der Waals surface area (Å²) in [5.74, 6) is 0.360. The van der Waals surface area contributed by atoms with Gasteiger partial charge in [0.1, 0.15) is 0 Å². The lowest BCUT2D eigenvalue weighted by Crippen LogP contribution is -2.37. The van der Waals surface area contributed by atoms with Gasteiger partial charge in [0, 0.05) is 36.1 Å². The predicted molar refractivity (Wildman–Crippen MR) is 75.5 cm³/mol. The highest BCUT2D eigenvalue weighted by molar-refractivity contribution is 9.09. The number of halogens is 1. The SMILES string of the molecule is CN(CC1CC(Br)C1)C(=O)c1cccc([N+](=O)[O-])c1. The maximum absolute atomic E-state index is 12.2. The minimum Gasteiger partial charge on any atom is -0.341 e. The van der Waals surface area contributed by atoms with E-state index in [4.69, 9.17) is 0 Å². The van der Waals surface area contributed by atoms with Crippen LogP contribution in [0.2, 0.25) is 0 Å². The minimum absolute atomic E-state index is 0.0524. The Balaban J connectivity index is 2.02. The third-order valence-electron chi connectivity index (χ3n) is 3.36. The van der Waals surface area contributed by atoms with Crippen molar-refractivity contribution >= 4 is 27.5 Å². The molecule has 2 rings (SSSR count). The molecule has 1 saturated carbocycles. The van der Waals surface area contributed by atoms with Crippen LogP contribution in [0.1, 0.15) is 23.2 Å². The molecule has 6 heteroatoms. The first-order valence-corrected chi connectivity index (χ1v) is 7.03. The Morgan fingerprint density at radius 2 is 2.21 bits per heavy atom. The number of nitro groups is 1. The molecule has 1 aromatic rings. The number of hydrogen-bond donors (Lipinski definition) is 0. The maximum atomic E-state index is 12.2. The van der Waals surface area contributed by atoms with E-state index in [0.29, 0.717) is 22.9 Å². The second kappa shape index (κ2) is 5.69. The fraction of sp³-hybridized carbons (Fsp3) is 0.462. The molecular weight excluding hydrogens is 312 g/mol. The number of non-ortho nitro benzene ring substituents is 1. The predicted octanol–water partition coefficient (Wildman–Crippen LogP) is 2.84. The van der Waals surface area contributed by atoms with E-state index in [1.807, 2.05) is 0 Å². The summed E-state index contributed by atoms with van der Waals surface area (Å²) in [7, 11) is 1.74. The first-order chi connectivity index (χ1) is 8.97. The van der Waals surface area contributed by atoms with Crippen LogP contribution in [0.5, 0.6) is 0 Å². The van der Waals surface area contributed by atoms with Gasteiger partial charge in [0.2, 0.25) is 0 Å². The molecule has 0 radical (unpaired) electrons. The molecule has 0 atom stereocenters. The maximum Gasteiger partial charge on any atom is 0.270 e. The highest BCUT2D eigenvalue weighted by Crippen LogP contribution is 2.33. The van der Waals surface area contributed by atoms with Crippen molar-refractivity contribution in [3.63, 3.8) is 0 Å². The van der Waals surface area contributed by atoms with Gasteiger partial charge in [-0.1, -0.05) is 22.0 Å². The van der Waals surface area contributed by atoms with Crippen LogP contribution in [-0.2, 0) is 0 Å². The van der Waals surface area contributed by atoms with E-state index in [1.54, 1.807) is 18.0 Å². The molecule has 5 nitrogen and oxygen atoms in total. The third kappa shape index (κ3) is 3.32. The second-order valence-corrected chi connectivity index (χ2v) is 6.22. The Morgan fingerprint density at radius 1 is 1.53 bits per heavy atom. The third-order valence-corrected chi connectivity index (χ3v) is 4.11. The van der Waals surface area contributed by atoms with Gasteiger partial charge in [-0.2, -0.15) is 0 Å². The molecule has 0 spiro atoms. The summed E-state index contributed by atoms with van der Waals surface area (Å²) in [5, 5.41) is 10.7. The van der Waals surface area contributed by atoms with Gasteiger partial charge in [-0.05, 0) is 24.8 Å². The smallest absolute Gasteiger partial charge is 0.270 e. The molecule has 0 N–H and O–H groups in total. The molecule has 0 bridgehead atoms. The van der Waals surface area contributed by atoms with Crippen LogP contribution in [-0.4, -0.2) is 34.2 Å². The van der Waals surface area contributed by atoms with Crippen LogP contribution < -0.4 is 0 Å². The minimum atomic E-state index is -0.488. The van der Waals surface area contributed by atoms with Crippen molar-refractivity contribution in [1.82, 2.24) is 4.90 Å². The van der Waals surface area contributed by atoms with Crippen molar-refractivity contribution in [2.24, 2.45) is 5.92 Å². The standard InChI is InChI=1S/C13H15BrN2O3/c1-15(8-9-5-11(14)6-9)13(17)10-3-2-4-12(7-10)16(18)19/h2-4,7,9,11H,5-6,8H2,1H3. The van der Waals surface area contributed by atoms with E-state index in [0.717, 1.165) is 12.8 Å². The van der Waals surface area contributed by atoms with E-state index in [-0.39, 0.29) is 11.6 Å². The van der Waals surface area contributed by atoms with Crippen molar-refractivity contribution in [3.8, 4) is 0 Å². The largest absolute Gasteiger partial charge is 0.341 e. The van der Waals surface area contributed by atoms with Gasteiger partial charge in [-0.15, -0.1) is 0 Å². The highest BCUT2D eigenvalue weighted by atomic mass is 79.9. The highest BCUT2D eigenvalue weighted by Gasteiger charge is 2.29. The van der Waals surface area contributed by atoms with Crippen LogP contribution in [0, 0.1) is 16.0 Å². The van der Waals surface area contributed by atoms with Crippen molar-refractivity contribution in [3.05, 3.63) is 39.9 Å². The van der Waals surface area contributed by atoms with Gasteiger partial charge < -0.3 is 4.90 Å². The van der Waals surface area contributed by atoms with Crippen molar-refractivity contribution in [2.75, 3.05) is 13.6 Å². The molecule has 1 amide bonds. The quantitative estimate of drug-likeness (QED) is 0.485. The summed E-state index contributed by atoms with van der Waals surface area (Å²) in [6.07, 6.45) is 2.15. The summed E-state index contributed by atoms with van der Waals surface area (Å²) in [6.45, 7) is 0.698. The van der Waals surface area contributed by atoms with Crippen molar-refractivity contribution < 1.29 is 9.72 Å². The second-order valence-electron chi connectivity index (χ2n) is 4.93. The summed E-state index contributed by atoms with van der Waals surface area (Å²) >= 11 is 3.52. The number of carbonyl (C=O) groups is 1.